The molecule has 0 atom stereocenters. The highest BCUT2D eigenvalue weighted by molar-refractivity contribution is 5.99. The predicted molar refractivity (Wildman–Crippen MR) is 132 cm³/mol. The predicted octanol–water partition coefficient (Wildman–Crippen LogP) is 5.94. The molecule has 174 valence electrons. The number of amides is 1. The Morgan fingerprint density at radius 1 is 0.943 bits per heavy atom. The molecule has 0 aliphatic heterocycles. The average Bonchev–Trinajstić information content (AvgIpc) is 3.59. The van der Waals surface area contributed by atoms with Crippen molar-refractivity contribution in [3.05, 3.63) is 102 Å². The number of carbonyl (C=O) groups is 1. The molecule has 0 aliphatic carbocycles. The van der Waals surface area contributed by atoms with Crippen molar-refractivity contribution in [2.24, 2.45) is 0 Å². The molecule has 35 heavy (non-hydrogen) atoms. The number of hydrogen-bond donors (Lipinski definition) is 0. The maximum absolute atomic E-state index is 13.3. The largest absolute Gasteiger partial charge is 0.497 e. The lowest BCUT2D eigenvalue weighted by Gasteiger charge is -2.16. The van der Waals surface area contributed by atoms with E-state index in [1.54, 1.807) is 31.3 Å². The van der Waals surface area contributed by atoms with E-state index in [2.05, 4.69) is 10.1 Å². The van der Waals surface area contributed by atoms with Gasteiger partial charge in [-0.1, -0.05) is 47.6 Å². The molecule has 5 aromatic rings. The van der Waals surface area contributed by atoms with E-state index in [0.29, 0.717) is 34.2 Å². The van der Waals surface area contributed by atoms with E-state index in [1.807, 2.05) is 78.9 Å². The zero-order chi connectivity index (χ0) is 24.2. The van der Waals surface area contributed by atoms with Crippen molar-refractivity contribution < 1.29 is 18.5 Å². The molecule has 2 heterocycles. The lowest BCUT2D eigenvalue weighted by atomic mass is 10.1. The van der Waals surface area contributed by atoms with Crippen LogP contribution in [-0.2, 0) is 6.54 Å². The molecule has 1 amide bonds. The third-order valence-electron chi connectivity index (χ3n) is 5.64. The summed E-state index contributed by atoms with van der Waals surface area (Å²) in [6.07, 6.45) is 1.67. The fraction of sp³-hybridized carbons (Fsp3) is 0.107. The maximum Gasteiger partial charge on any atom is 0.254 e. The van der Waals surface area contributed by atoms with Crippen LogP contribution >= 0.6 is 0 Å². The van der Waals surface area contributed by atoms with Crippen LogP contribution in [0, 0.1) is 0 Å². The SMILES string of the molecule is COc1ccc(-c2cc(CN(C)C(=O)c3ccccc3-c3ncc(-c4ccccc4)o3)on2)cc1. The van der Waals surface area contributed by atoms with Crippen molar-refractivity contribution in [3.8, 4) is 39.8 Å². The highest BCUT2D eigenvalue weighted by atomic mass is 16.5. The number of nitrogens with zero attached hydrogens (tertiary/aromatic N) is 3. The molecule has 2 aromatic heterocycles. The minimum atomic E-state index is -0.178. The number of methoxy groups -OCH3 is 1. The molecule has 0 N–H and O–H groups in total. The van der Waals surface area contributed by atoms with Gasteiger partial charge in [-0.25, -0.2) is 4.98 Å². The van der Waals surface area contributed by atoms with Gasteiger partial charge in [-0.3, -0.25) is 4.79 Å². The summed E-state index contributed by atoms with van der Waals surface area (Å²) in [5.74, 6) is 2.20. The average molecular weight is 466 g/mol. The van der Waals surface area contributed by atoms with Crippen molar-refractivity contribution in [1.82, 2.24) is 15.0 Å². The van der Waals surface area contributed by atoms with Gasteiger partial charge in [-0.05, 0) is 36.4 Å². The van der Waals surface area contributed by atoms with Crippen molar-refractivity contribution in [1.29, 1.82) is 0 Å². The Hall–Kier alpha value is -4.65. The van der Waals surface area contributed by atoms with E-state index < -0.39 is 0 Å². The Balaban J connectivity index is 1.34. The summed E-state index contributed by atoms with van der Waals surface area (Å²) in [6, 6.07) is 26.4. The minimum Gasteiger partial charge on any atom is -0.497 e. The molecular weight excluding hydrogens is 442 g/mol. The maximum atomic E-state index is 13.3. The summed E-state index contributed by atoms with van der Waals surface area (Å²) >= 11 is 0. The van der Waals surface area contributed by atoms with Crippen LogP contribution < -0.4 is 4.74 Å². The first-order valence-corrected chi connectivity index (χ1v) is 11.1. The van der Waals surface area contributed by atoms with Crippen LogP contribution in [-0.4, -0.2) is 35.1 Å². The van der Waals surface area contributed by atoms with Gasteiger partial charge in [0.2, 0.25) is 5.89 Å². The zero-order valence-electron chi connectivity index (χ0n) is 19.3. The summed E-state index contributed by atoms with van der Waals surface area (Å²) in [4.78, 5) is 19.4. The summed E-state index contributed by atoms with van der Waals surface area (Å²) in [7, 11) is 3.35. The van der Waals surface area contributed by atoms with Gasteiger partial charge < -0.3 is 18.6 Å². The second-order valence-corrected chi connectivity index (χ2v) is 8.01. The summed E-state index contributed by atoms with van der Waals surface area (Å²) < 4.78 is 16.7. The molecule has 0 saturated heterocycles. The summed E-state index contributed by atoms with van der Waals surface area (Å²) in [5, 5.41) is 4.14. The topological polar surface area (TPSA) is 81.6 Å². The second-order valence-electron chi connectivity index (χ2n) is 8.01. The number of carbonyl (C=O) groups excluding carboxylic acids is 1. The zero-order valence-corrected chi connectivity index (χ0v) is 19.3. The van der Waals surface area contributed by atoms with Crippen LogP contribution in [0.4, 0.5) is 0 Å². The van der Waals surface area contributed by atoms with Crippen LogP contribution in [0.25, 0.3) is 34.0 Å². The van der Waals surface area contributed by atoms with Gasteiger partial charge in [0, 0.05) is 29.8 Å². The lowest BCUT2D eigenvalue weighted by Crippen LogP contribution is -2.26. The van der Waals surface area contributed by atoms with E-state index >= 15 is 0 Å². The van der Waals surface area contributed by atoms with E-state index in [1.165, 1.54) is 0 Å². The van der Waals surface area contributed by atoms with Gasteiger partial charge in [-0.15, -0.1) is 0 Å². The molecule has 7 nitrogen and oxygen atoms in total. The van der Waals surface area contributed by atoms with Gasteiger partial charge in [-0.2, -0.15) is 0 Å². The molecule has 0 spiro atoms. The number of hydrogen-bond acceptors (Lipinski definition) is 6. The monoisotopic (exact) mass is 465 g/mol. The van der Waals surface area contributed by atoms with Crippen molar-refractivity contribution in [2.45, 2.75) is 6.54 Å². The number of aromatic nitrogens is 2. The van der Waals surface area contributed by atoms with Crippen molar-refractivity contribution in [3.63, 3.8) is 0 Å². The van der Waals surface area contributed by atoms with Crippen LogP contribution in [0.1, 0.15) is 16.1 Å². The number of rotatable bonds is 7. The smallest absolute Gasteiger partial charge is 0.254 e. The van der Waals surface area contributed by atoms with E-state index in [-0.39, 0.29) is 12.5 Å². The second kappa shape index (κ2) is 9.69. The van der Waals surface area contributed by atoms with Crippen LogP contribution in [0.15, 0.2) is 100 Å². The van der Waals surface area contributed by atoms with E-state index in [4.69, 9.17) is 13.7 Å². The normalized spacial score (nSPS) is 10.8. The van der Waals surface area contributed by atoms with Gasteiger partial charge >= 0.3 is 0 Å². The molecule has 0 saturated carbocycles. The Labute approximate surface area is 202 Å². The van der Waals surface area contributed by atoms with Gasteiger partial charge in [0.15, 0.2) is 11.5 Å². The van der Waals surface area contributed by atoms with E-state index in [0.717, 1.165) is 16.9 Å². The lowest BCUT2D eigenvalue weighted by molar-refractivity contribution is 0.0773. The van der Waals surface area contributed by atoms with Crippen LogP contribution in [0.3, 0.4) is 0 Å². The third kappa shape index (κ3) is 4.70. The Morgan fingerprint density at radius 3 is 2.46 bits per heavy atom. The molecule has 0 fully saturated rings. The minimum absolute atomic E-state index is 0.178. The fourth-order valence-corrected chi connectivity index (χ4v) is 3.79. The molecular formula is C28H23N3O4. The molecule has 7 heteroatoms. The molecule has 0 radical (unpaired) electrons. The van der Waals surface area contributed by atoms with Crippen molar-refractivity contribution >= 4 is 5.91 Å². The van der Waals surface area contributed by atoms with Gasteiger partial charge in [0.1, 0.15) is 11.4 Å². The standard InChI is InChI=1S/C28H23N3O4/c1-31(18-22-16-25(30-35-22)19-12-14-21(33-2)15-13-19)28(32)24-11-7-6-10-23(24)27-29-17-26(34-27)20-8-4-3-5-9-20/h3-17H,18H2,1-2H3. The van der Waals surface area contributed by atoms with Crippen molar-refractivity contribution in [2.75, 3.05) is 14.2 Å². The molecule has 3 aromatic carbocycles. The van der Waals surface area contributed by atoms with Crippen LogP contribution in [0.2, 0.25) is 0 Å². The third-order valence-corrected chi connectivity index (χ3v) is 5.64. The van der Waals surface area contributed by atoms with Gasteiger partial charge in [0.05, 0.1) is 25.4 Å². The Bertz CT molecular complexity index is 1440. The molecule has 0 unspecified atom stereocenters. The molecule has 0 bridgehead atoms. The first-order chi connectivity index (χ1) is 17.1. The molecule has 5 rings (SSSR count). The Morgan fingerprint density at radius 2 is 1.69 bits per heavy atom. The number of oxazole rings is 1. The Kier molecular flexibility index (Phi) is 6.13. The quantitative estimate of drug-likeness (QED) is 0.296. The molecule has 0 aliphatic rings. The first-order valence-electron chi connectivity index (χ1n) is 11.1. The summed E-state index contributed by atoms with van der Waals surface area (Å²) in [5.41, 5.74) is 3.63. The first kappa shape index (κ1) is 22.2. The highest BCUT2D eigenvalue weighted by Gasteiger charge is 2.21. The fourth-order valence-electron chi connectivity index (χ4n) is 3.79. The van der Waals surface area contributed by atoms with Gasteiger partial charge in [0.25, 0.3) is 5.91 Å². The van der Waals surface area contributed by atoms with Crippen LogP contribution in [0.5, 0.6) is 5.75 Å². The highest BCUT2D eigenvalue weighted by Crippen LogP contribution is 2.29. The summed E-state index contributed by atoms with van der Waals surface area (Å²) in [6.45, 7) is 0.261. The number of ether oxygens (including phenoxy) is 1. The van der Waals surface area contributed by atoms with E-state index in [9.17, 15) is 4.79 Å². The number of benzene rings is 3.